The molecule has 10 heteroatoms. The molecule has 0 aliphatic rings. The van der Waals surface area contributed by atoms with Gasteiger partial charge in [0.2, 0.25) is 0 Å². The summed E-state index contributed by atoms with van der Waals surface area (Å²) in [4.78, 5) is 37.6. The number of nitrogens with zero attached hydrogens (tertiary/aromatic N) is 1. The van der Waals surface area contributed by atoms with Gasteiger partial charge in [0.1, 0.15) is 19.8 Å². The fourth-order valence-corrected chi connectivity index (χ4v) is 6.97. The maximum absolute atomic E-state index is 12.7. The Hall–Kier alpha value is -2.03. The number of quaternary nitrogens is 1. The molecular weight excluding hydrogens is 750 g/mol. The molecule has 0 rings (SSSR count). The summed E-state index contributed by atoms with van der Waals surface area (Å²) in [5, 5.41) is 0. The third-order valence-corrected chi connectivity index (χ3v) is 10.9. The molecule has 0 radical (unpaired) electrons. The van der Waals surface area contributed by atoms with E-state index in [2.05, 4.69) is 44.2 Å². The van der Waals surface area contributed by atoms with Crippen molar-refractivity contribution in [1.82, 2.24) is 0 Å². The van der Waals surface area contributed by atoms with E-state index in [0.717, 1.165) is 70.6 Å². The molecule has 0 aromatic heterocycles. The molecule has 0 saturated carbocycles. The lowest BCUT2D eigenvalue weighted by Crippen LogP contribution is -2.37. The highest BCUT2D eigenvalue weighted by Gasteiger charge is 2.21. The molecule has 9 nitrogen and oxygen atoms in total. The number of esters is 2. The van der Waals surface area contributed by atoms with Gasteiger partial charge in [0.25, 0.3) is 7.82 Å². The van der Waals surface area contributed by atoms with Crippen LogP contribution in [0.2, 0.25) is 0 Å². The predicted octanol–water partition coefficient (Wildman–Crippen LogP) is 12.8. The molecule has 338 valence electrons. The van der Waals surface area contributed by atoms with Gasteiger partial charge in [-0.1, -0.05) is 172 Å². The van der Waals surface area contributed by atoms with Crippen molar-refractivity contribution in [1.29, 1.82) is 0 Å². The second-order valence-electron chi connectivity index (χ2n) is 16.8. The lowest BCUT2D eigenvalue weighted by molar-refractivity contribution is -0.870. The van der Waals surface area contributed by atoms with Gasteiger partial charge in [0, 0.05) is 12.8 Å². The van der Waals surface area contributed by atoms with Gasteiger partial charge in [-0.3, -0.25) is 14.2 Å². The Bertz CT molecular complexity index is 1130. The largest absolute Gasteiger partial charge is 0.756 e. The Morgan fingerprint density at radius 2 is 1.00 bits per heavy atom. The summed E-state index contributed by atoms with van der Waals surface area (Å²) < 4.78 is 33.9. The average Bonchev–Trinajstić information content (AvgIpc) is 3.17. The van der Waals surface area contributed by atoms with Crippen molar-refractivity contribution in [2.75, 3.05) is 47.5 Å². The van der Waals surface area contributed by atoms with E-state index in [-0.39, 0.29) is 26.1 Å². The summed E-state index contributed by atoms with van der Waals surface area (Å²) in [7, 11) is 1.14. The maximum atomic E-state index is 12.7. The first-order chi connectivity index (χ1) is 28.0. The number of carbonyl (C=O) groups excluding carboxylic acids is 2. The maximum Gasteiger partial charge on any atom is 0.306 e. The monoisotopic (exact) mass is 838 g/mol. The topological polar surface area (TPSA) is 111 Å². The van der Waals surface area contributed by atoms with Gasteiger partial charge >= 0.3 is 11.9 Å². The van der Waals surface area contributed by atoms with Gasteiger partial charge in [-0.05, 0) is 57.8 Å². The van der Waals surface area contributed by atoms with Crippen LogP contribution < -0.4 is 4.89 Å². The van der Waals surface area contributed by atoms with Gasteiger partial charge in [-0.2, -0.15) is 0 Å². The van der Waals surface area contributed by atoms with E-state index >= 15 is 0 Å². The summed E-state index contributed by atoms with van der Waals surface area (Å²) in [6.07, 6.45) is 47.2. The zero-order valence-electron chi connectivity index (χ0n) is 38.0. The van der Waals surface area contributed by atoms with E-state index in [9.17, 15) is 19.0 Å². The van der Waals surface area contributed by atoms with Gasteiger partial charge < -0.3 is 27.9 Å². The molecule has 0 aromatic carbocycles. The molecule has 0 aromatic rings. The molecule has 0 spiro atoms. The van der Waals surface area contributed by atoms with E-state index in [0.29, 0.717) is 17.4 Å². The molecule has 0 bridgehead atoms. The van der Waals surface area contributed by atoms with Crippen LogP contribution in [0, 0.1) is 0 Å². The van der Waals surface area contributed by atoms with Crippen molar-refractivity contribution in [3.05, 3.63) is 48.6 Å². The SMILES string of the molecule is CC/C=C/C=C/C=C/CCCCCCCC(=O)OC(COC(=O)CCCCCCCCC/C=C/CCCCCCCCCCCC)COP(=O)([O-])OCC[N+](C)(C)C. The van der Waals surface area contributed by atoms with Gasteiger partial charge in [-0.15, -0.1) is 0 Å². The molecule has 0 heterocycles. The first-order valence-electron chi connectivity index (χ1n) is 23.4. The molecule has 0 amide bonds. The Balaban J connectivity index is 4.28. The van der Waals surface area contributed by atoms with Crippen LogP contribution in [-0.4, -0.2) is 70.0 Å². The Labute approximate surface area is 356 Å². The minimum atomic E-state index is -4.63. The highest BCUT2D eigenvalue weighted by Crippen LogP contribution is 2.38. The number of phosphoric acid groups is 1. The molecule has 2 atom stereocenters. The number of likely N-dealkylation sites (N-methyl/N-ethyl adjacent to an activating group) is 1. The number of unbranched alkanes of at least 4 members (excludes halogenated alkanes) is 22. The predicted molar refractivity (Wildman–Crippen MR) is 240 cm³/mol. The number of hydrogen-bond acceptors (Lipinski definition) is 8. The summed E-state index contributed by atoms with van der Waals surface area (Å²) in [6.45, 7) is 4.07. The number of carbonyl (C=O) groups is 2. The summed E-state index contributed by atoms with van der Waals surface area (Å²) >= 11 is 0. The van der Waals surface area contributed by atoms with E-state index in [1.807, 2.05) is 39.4 Å². The Morgan fingerprint density at radius 3 is 1.50 bits per heavy atom. The minimum absolute atomic E-state index is 0.0372. The number of rotatable bonds is 42. The summed E-state index contributed by atoms with van der Waals surface area (Å²) in [6, 6.07) is 0. The van der Waals surface area contributed by atoms with Crippen LogP contribution in [0.3, 0.4) is 0 Å². The molecule has 0 aliphatic heterocycles. The highest BCUT2D eigenvalue weighted by molar-refractivity contribution is 7.45. The van der Waals surface area contributed by atoms with Crippen molar-refractivity contribution in [3.63, 3.8) is 0 Å². The quantitative estimate of drug-likeness (QED) is 0.0149. The third-order valence-electron chi connectivity index (χ3n) is 9.89. The van der Waals surface area contributed by atoms with Crippen LogP contribution in [0.5, 0.6) is 0 Å². The van der Waals surface area contributed by atoms with Crippen LogP contribution in [-0.2, 0) is 32.7 Å². The van der Waals surface area contributed by atoms with Crippen molar-refractivity contribution in [3.8, 4) is 0 Å². The third kappa shape index (κ3) is 43.5. The van der Waals surface area contributed by atoms with E-state index in [1.54, 1.807) is 0 Å². The number of hydrogen-bond donors (Lipinski definition) is 0. The zero-order valence-corrected chi connectivity index (χ0v) is 38.9. The highest BCUT2D eigenvalue weighted by atomic mass is 31.2. The molecule has 58 heavy (non-hydrogen) atoms. The molecule has 2 unspecified atom stereocenters. The fraction of sp³-hybridized carbons (Fsp3) is 0.792. The Kier molecular flexibility index (Phi) is 39.0. The number of phosphoric ester groups is 1. The van der Waals surface area contributed by atoms with Gasteiger partial charge in [-0.25, -0.2) is 0 Å². The molecule has 0 N–H and O–H groups in total. The van der Waals surface area contributed by atoms with Gasteiger partial charge in [0.15, 0.2) is 6.10 Å². The summed E-state index contributed by atoms with van der Waals surface area (Å²) in [5.41, 5.74) is 0. The average molecular weight is 838 g/mol. The van der Waals surface area contributed by atoms with Crippen LogP contribution in [0.25, 0.3) is 0 Å². The van der Waals surface area contributed by atoms with Crippen LogP contribution in [0.4, 0.5) is 0 Å². The van der Waals surface area contributed by atoms with Crippen molar-refractivity contribution >= 4 is 19.8 Å². The molecule has 0 fully saturated rings. The summed E-state index contributed by atoms with van der Waals surface area (Å²) in [5.74, 6) is -0.863. The normalized spacial score (nSPS) is 14.0. The van der Waals surface area contributed by atoms with E-state index in [1.165, 1.54) is 89.9 Å². The molecule has 0 saturated heterocycles. The molecular formula is C48H88NO8P. The fourth-order valence-electron chi connectivity index (χ4n) is 6.24. The van der Waals surface area contributed by atoms with Crippen LogP contribution >= 0.6 is 7.82 Å². The first-order valence-corrected chi connectivity index (χ1v) is 24.8. The van der Waals surface area contributed by atoms with Crippen molar-refractivity contribution < 1.29 is 42.1 Å². The number of ether oxygens (including phenoxy) is 2. The van der Waals surface area contributed by atoms with E-state index < -0.39 is 32.5 Å². The molecule has 0 aliphatic carbocycles. The van der Waals surface area contributed by atoms with Crippen molar-refractivity contribution in [2.24, 2.45) is 0 Å². The van der Waals surface area contributed by atoms with Crippen LogP contribution in [0.1, 0.15) is 194 Å². The smallest absolute Gasteiger partial charge is 0.306 e. The van der Waals surface area contributed by atoms with Gasteiger partial charge in [0.05, 0.1) is 27.7 Å². The lowest BCUT2D eigenvalue weighted by Gasteiger charge is -2.28. The van der Waals surface area contributed by atoms with Crippen molar-refractivity contribution in [2.45, 2.75) is 200 Å². The Morgan fingerprint density at radius 1 is 0.552 bits per heavy atom. The first kappa shape index (κ1) is 56.0. The minimum Gasteiger partial charge on any atom is -0.756 e. The zero-order chi connectivity index (χ0) is 42.8. The lowest BCUT2D eigenvalue weighted by atomic mass is 10.1. The second kappa shape index (κ2) is 40.4. The van der Waals surface area contributed by atoms with Crippen LogP contribution in [0.15, 0.2) is 48.6 Å². The van der Waals surface area contributed by atoms with E-state index in [4.69, 9.17) is 18.5 Å². The second-order valence-corrected chi connectivity index (χ2v) is 18.2. The standard InChI is InChI=1S/C48H88NO8P/c1-6-8-10-12-14-16-18-20-21-22-23-24-25-26-27-29-30-32-34-36-38-40-47(50)54-44-46(45-56-58(52,53)55-43-42-49(3,4)5)57-48(51)41-39-37-35-33-31-28-19-17-15-13-11-9-7-2/h9,11,13,15,17,19,24-25,46H,6-8,10,12,14,16,18,20-23,26-45H2,1-5H3/b11-9+,15-13+,19-17+,25-24+. The number of allylic oxidation sites excluding steroid dienone is 8.